The van der Waals surface area contributed by atoms with Crippen LogP contribution in [0.3, 0.4) is 0 Å². The highest BCUT2D eigenvalue weighted by atomic mass is 35.5. The third kappa shape index (κ3) is 3.50. The van der Waals surface area contributed by atoms with Gasteiger partial charge in [-0.15, -0.1) is 11.6 Å². The fraction of sp³-hybridized carbons (Fsp3) is 0.571. The van der Waals surface area contributed by atoms with Gasteiger partial charge in [-0.05, 0) is 24.5 Å². The van der Waals surface area contributed by atoms with Gasteiger partial charge in [0.15, 0.2) is 0 Å². The van der Waals surface area contributed by atoms with Gasteiger partial charge in [-0.3, -0.25) is 0 Å². The lowest BCUT2D eigenvalue weighted by Gasteiger charge is -2.25. The van der Waals surface area contributed by atoms with Crippen molar-refractivity contribution in [3.8, 4) is 0 Å². The van der Waals surface area contributed by atoms with Crippen molar-refractivity contribution in [1.82, 2.24) is 4.31 Å². The minimum atomic E-state index is -3.40. The van der Waals surface area contributed by atoms with Crippen LogP contribution in [0.15, 0.2) is 29.2 Å². The molecule has 0 saturated carbocycles. The van der Waals surface area contributed by atoms with E-state index >= 15 is 0 Å². The predicted molar refractivity (Wildman–Crippen MR) is 77.8 cm³/mol. The van der Waals surface area contributed by atoms with E-state index in [1.54, 1.807) is 22.5 Å². The summed E-state index contributed by atoms with van der Waals surface area (Å²) in [5, 5.41) is 0. The average Bonchev–Trinajstić information content (AvgIpc) is 2.37. The average molecular weight is 302 g/mol. The molecular weight excluding hydrogens is 282 g/mol. The molecule has 0 atom stereocenters. The van der Waals surface area contributed by atoms with Crippen LogP contribution in [0.1, 0.15) is 37.7 Å². The molecule has 1 aliphatic heterocycles. The molecule has 2 rings (SSSR count). The first-order valence-corrected chi connectivity index (χ1v) is 8.78. The van der Waals surface area contributed by atoms with E-state index in [2.05, 4.69) is 0 Å². The number of alkyl halides is 1. The molecule has 0 N–H and O–H groups in total. The number of hydrogen-bond acceptors (Lipinski definition) is 2. The molecule has 1 saturated heterocycles. The molecule has 5 heteroatoms. The third-order valence-corrected chi connectivity index (χ3v) is 5.84. The zero-order valence-electron chi connectivity index (χ0n) is 11.0. The zero-order valence-corrected chi connectivity index (χ0v) is 12.6. The molecule has 106 valence electrons. The second-order valence-corrected chi connectivity index (χ2v) is 7.09. The van der Waals surface area contributed by atoms with Crippen molar-refractivity contribution < 1.29 is 8.42 Å². The van der Waals surface area contributed by atoms with Crippen LogP contribution >= 0.6 is 11.6 Å². The van der Waals surface area contributed by atoms with Crippen LogP contribution < -0.4 is 0 Å². The Bertz CT molecular complexity index is 508. The van der Waals surface area contributed by atoms with Crippen LogP contribution in [0.4, 0.5) is 0 Å². The van der Waals surface area contributed by atoms with Crippen molar-refractivity contribution >= 4 is 21.6 Å². The SMILES string of the molecule is O=S(=O)(c1ccccc1CCl)N1CCCCCCC1. The second kappa shape index (κ2) is 6.73. The number of nitrogens with zero attached hydrogens (tertiary/aromatic N) is 1. The van der Waals surface area contributed by atoms with Gasteiger partial charge in [0.05, 0.1) is 4.90 Å². The molecule has 0 aromatic heterocycles. The number of halogens is 1. The Kier molecular flexibility index (Phi) is 5.25. The van der Waals surface area contributed by atoms with Crippen LogP contribution in [-0.4, -0.2) is 25.8 Å². The fourth-order valence-electron chi connectivity index (χ4n) is 2.46. The van der Waals surface area contributed by atoms with Crippen LogP contribution in [0.25, 0.3) is 0 Å². The molecule has 0 amide bonds. The maximum absolute atomic E-state index is 12.7. The van der Waals surface area contributed by atoms with Crippen molar-refractivity contribution in [3.63, 3.8) is 0 Å². The number of hydrogen-bond donors (Lipinski definition) is 0. The summed E-state index contributed by atoms with van der Waals surface area (Å²) in [6.45, 7) is 1.25. The highest BCUT2D eigenvalue weighted by molar-refractivity contribution is 7.89. The second-order valence-electron chi connectivity index (χ2n) is 4.91. The largest absolute Gasteiger partial charge is 0.243 e. The molecule has 0 unspecified atom stereocenters. The smallest absolute Gasteiger partial charge is 0.207 e. The Morgan fingerprint density at radius 1 is 1.00 bits per heavy atom. The molecule has 3 nitrogen and oxygen atoms in total. The summed E-state index contributed by atoms with van der Waals surface area (Å²) in [6, 6.07) is 7.02. The lowest BCUT2D eigenvalue weighted by molar-refractivity contribution is 0.364. The highest BCUT2D eigenvalue weighted by Crippen LogP contribution is 2.23. The Hall–Kier alpha value is -0.580. The number of sulfonamides is 1. The monoisotopic (exact) mass is 301 g/mol. The number of benzene rings is 1. The Morgan fingerprint density at radius 2 is 1.58 bits per heavy atom. The van der Waals surface area contributed by atoms with Crippen LogP contribution in [0.2, 0.25) is 0 Å². The van der Waals surface area contributed by atoms with E-state index in [0.29, 0.717) is 23.5 Å². The third-order valence-electron chi connectivity index (χ3n) is 3.55. The van der Waals surface area contributed by atoms with Crippen molar-refractivity contribution in [2.24, 2.45) is 0 Å². The van der Waals surface area contributed by atoms with Gasteiger partial charge < -0.3 is 0 Å². The molecule has 1 aliphatic rings. The summed E-state index contributed by atoms with van der Waals surface area (Å²) in [4.78, 5) is 0.366. The molecule has 19 heavy (non-hydrogen) atoms. The molecule has 0 radical (unpaired) electrons. The standard InChI is InChI=1S/C14H20ClNO2S/c15-12-13-8-4-5-9-14(13)19(17,18)16-10-6-2-1-3-7-11-16/h4-5,8-9H,1-3,6-7,10-12H2. The fourth-order valence-corrected chi connectivity index (χ4v) is 4.52. The minimum Gasteiger partial charge on any atom is -0.207 e. The van der Waals surface area contributed by atoms with E-state index in [-0.39, 0.29) is 5.88 Å². The van der Waals surface area contributed by atoms with Crippen LogP contribution in [0.5, 0.6) is 0 Å². The summed E-state index contributed by atoms with van der Waals surface area (Å²) in [7, 11) is -3.40. The lowest BCUT2D eigenvalue weighted by Crippen LogP contribution is -2.34. The first-order valence-electron chi connectivity index (χ1n) is 6.80. The van der Waals surface area contributed by atoms with E-state index in [0.717, 1.165) is 25.7 Å². The molecule has 0 bridgehead atoms. The lowest BCUT2D eigenvalue weighted by atomic mass is 10.1. The van der Waals surface area contributed by atoms with E-state index < -0.39 is 10.0 Å². The summed E-state index contributed by atoms with van der Waals surface area (Å²) in [6.07, 6.45) is 5.34. The normalized spacial score (nSPS) is 18.8. The first kappa shape index (κ1) is 14.8. The quantitative estimate of drug-likeness (QED) is 0.803. The minimum absolute atomic E-state index is 0.225. The van der Waals surface area contributed by atoms with Gasteiger partial charge in [-0.2, -0.15) is 4.31 Å². The first-order chi connectivity index (χ1) is 9.16. The Labute approximate surface area is 120 Å². The highest BCUT2D eigenvalue weighted by Gasteiger charge is 2.26. The van der Waals surface area contributed by atoms with Crippen LogP contribution in [-0.2, 0) is 15.9 Å². The summed E-state index contributed by atoms with van der Waals surface area (Å²) in [5.74, 6) is 0.225. The van der Waals surface area contributed by atoms with Gasteiger partial charge >= 0.3 is 0 Å². The Balaban J connectivity index is 2.29. The maximum atomic E-state index is 12.7. The van der Waals surface area contributed by atoms with Gasteiger partial charge in [-0.25, -0.2) is 8.42 Å². The van der Waals surface area contributed by atoms with Crippen LogP contribution in [0, 0.1) is 0 Å². The van der Waals surface area contributed by atoms with Crippen molar-refractivity contribution in [3.05, 3.63) is 29.8 Å². The van der Waals surface area contributed by atoms with Crippen molar-refractivity contribution in [2.45, 2.75) is 42.9 Å². The van der Waals surface area contributed by atoms with E-state index in [1.807, 2.05) is 6.07 Å². The predicted octanol–water partition coefficient (Wildman–Crippen LogP) is 3.38. The Morgan fingerprint density at radius 3 is 2.21 bits per heavy atom. The van der Waals surface area contributed by atoms with Crippen molar-refractivity contribution in [2.75, 3.05) is 13.1 Å². The van der Waals surface area contributed by atoms with E-state index in [9.17, 15) is 8.42 Å². The van der Waals surface area contributed by atoms with E-state index in [4.69, 9.17) is 11.6 Å². The summed E-state index contributed by atoms with van der Waals surface area (Å²) in [5.41, 5.74) is 0.686. The van der Waals surface area contributed by atoms with Gasteiger partial charge in [0.25, 0.3) is 0 Å². The molecule has 1 heterocycles. The van der Waals surface area contributed by atoms with Gasteiger partial charge in [-0.1, -0.05) is 37.5 Å². The maximum Gasteiger partial charge on any atom is 0.243 e. The summed E-state index contributed by atoms with van der Waals surface area (Å²) >= 11 is 5.85. The molecule has 1 fully saturated rings. The molecular formula is C14H20ClNO2S. The van der Waals surface area contributed by atoms with Crippen molar-refractivity contribution in [1.29, 1.82) is 0 Å². The van der Waals surface area contributed by atoms with E-state index in [1.165, 1.54) is 6.42 Å². The molecule has 0 aliphatic carbocycles. The van der Waals surface area contributed by atoms with Gasteiger partial charge in [0.1, 0.15) is 0 Å². The van der Waals surface area contributed by atoms with Gasteiger partial charge in [0.2, 0.25) is 10.0 Å². The molecule has 1 aromatic rings. The number of rotatable bonds is 3. The molecule has 1 aromatic carbocycles. The van der Waals surface area contributed by atoms with Gasteiger partial charge in [0, 0.05) is 19.0 Å². The summed E-state index contributed by atoms with van der Waals surface area (Å²) < 4.78 is 27.0. The molecule has 0 spiro atoms. The zero-order chi connectivity index (χ0) is 13.7. The topological polar surface area (TPSA) is 37.4 Å².